The van der Waals surface area contributed by atoms with E-state index < -0.39 is 9.84 Å². The van der Waals surface area contributed by atoms with Gasteiger partial charge in [-0.15, -0.1) is 24.0 Å². The normalized spacial score (nSPS) is 17.3. The van der Waals surface area contributed by atoms with Crippen molar-refractivity contribution in [1.29, 1.82) is 0 Å². The predicted molar refractivity (Wildman–Crippen MR) is 129 cm³/mol. The van der Waals surface area contributed by atoms with Gasteiger partial charge in [0.1, 0.15) is 12.4 Å². The van der Waals surface area contributed by atoms with E-state index in [2.05, 4.69) is 34.0 Å². The van der Waals surface area contributed by atoms with Crippen molar-refractivity contribution >= 4 is 39.8 Å². The highest BCUT2D eigenvalue weighted by atomic mass is 127. The van der Waals surface area contributed by atoms with Crippen LogP contribution in [0.15, 0.2) is 34.2 Å². The summed E-state index contributed by atoms with van der Waals surface area (Å²) in [6.07, 6.45) is 2.39. The molecule has 0 aliphatic carbocycles. The first-order valence-corrected chi connectivity index (χ1v) is 11.9. The summed E-state index contributed by atoms with van der Waals surface area (Å²) < 4.78 is 28.7. The molecule has 2 rings (SSSR count). The first-order valence-electron chi connectivity index (χ1n) is 9.98. The minimum atomic E-state index is -3.18. The number of benzene rings is 1. The second kappa shape index (κ2) is 12.6. The standard InChI is InChI=1S/C20H34N4O3S.HI/c1-5-23(6-2)15-17-11-13-24(16-17)20(21-3)22-12-14-27-18-7-9-19(10-8-18)28(4,25)26;/h7-10,17H,5-6,11-16H2,1-4H3,(H,21,22);1H. The van der Waals surface area contributed by atoms with Crippen LogP contribution in [0.4, 0.5) is 0 Å². The Morgan fingerprint density at radius 2 is 1.93 bits per heavy atom. The fourth-order valence-electron chi connectivity index (χ4n) is 3.47. The van der Waals surface area contributed by atoms with Gasteiger partial charge in [-0.25, -0.2) is 8.42 Å². The summed E-state index contributed by atoms with van der Waals surface area (Å²) >= 11 is 0. The van der Waals surface area contributed by atoms with Crippen LogP contribution in [0.2, 0.25) is 0 Å². The van der Waals surface area contributed by atoms with E-state index in [1.165, 1.54) is 12.7 Å². The molecular weight excluding hydrogens is 503 g/mol. The summed E-state index contributed by atoms with van der Waals surface area (Å²) in [5, 5.41) is 3.36. The van der Waals surface area contributed by atoms with Crippen molar-refractivity contribution in [3.63, 3.8) is 0 Å². The molecule has 1 fully saturated rings. The Morgan fingerprint density at radius 3 is 2.48 bits per heavy atom. The van der Waals surface area contributed by atoms with Crippen molar-refractivity contribution in [3.8, 4) is 5.75 Å². The van der Waals surface area contributed by atoms with E-state index >= 15 is 0 Å². The SMILES string of the molecule is CCN(CC)CC1CCN(C(=NC)NCCOc2ccc(S(C)(=O)=O)cc2)C1.I. The van der Waals surface area contributed by atoms with Gasteiger partial charge in [-0.1, -0.05) is 13.8 Å². The second-order valence-electron chi connectivity index (χ2n) is 7.15. The fourth-order valence-corrected chi connectivity index (χ4v) is 4.10. The number of nitrogens with zero attached hydrogens (tertiary/aromatic N) is 3. The molecule has 1 aromatic rings. The Hall–Kier alpha value is -1.07. The molecule has 0 amide bonds. The van der Waals surface area contributed by atoms with Crippen molar-refractivity contribution < 1.29 is 13.2 Å². The maximum atomic E-state index is 11.5. The highest BCUT2D eigenvalue weighted by Crippen LogP contribution is 2.18. The zero-order chi connectivity index (χ0) is 20.6. The maximum absolute atomic E-state index is 11.5. The number of nitrogens with one attached hydrogen (secondary N) is 1. The van der Waals surface area contributed by atoms with E-state index in [1.807, 2.05) is 7.05 Å². The van der Waals surface area contributed by atoms with E-state index in [9.17, 15) is 8.42 Å². The Bertz CT molecular complexity index is 737. The van der Waals surface area contributed by atoms with Crippen molar-refractivity contribution in [3.05, 3.63) is 24.3 Å². The summed E-state index contributed by atoms with van der Waals surface area (Å²) in [4.78, 5) is 9.49. The molecule has 0 bridgehead atoms. The Labute approximate surface area is 192 Å². The lowest BCUT2D eigenvalue weighted by atomic mass is 10.1. The number of hydrogen-bond acceptors (Lipinski definition) is 5. The Balaban J connectivity index is 0.00000420. The smallest absolute Gasteiger partial charge is 0.193 e. The van der Waals surface area contributed by atoms with Gasteiger partial charge in [0.2, 0.25) is 0 Å². The van der Waals surface area contributed by atoms with Gasteiger partial charge < -0.3 is 19.9 Å². The quantitative estimate of drug-likeness (QED) is 0.225. The minimum absolute atomic E-state index is 0. The molecule has 1 heterocycles. The largest absolute Gasteiger partial charge is 0.492 e. The number of rotatable bonds is 9. The molecule has 1 aliphatic rings. The Kier molecular flexibility index (Phi) is 11.3. The summed E-state index contributed by atoms with van der Waals surface area (Å²) in [5.41, 5.74) is 0. The number of sulfone groups is 1. The average Bonchev–Trinajstić information content (AvgIpc) is 3.14. The molecule has 29 heavy (non-hydrogen) atoms. The van der Waals surface area contributed by atoms with Gasteiger partial charge >= 0.3 is 0 Å². The molecular formula is C20H35IN4O3S. The maximum Gasteiger partial charge on any atom is 0.193 e. The third-order valence-corrected chi connectivity index (χ3v) is 6.24. The molecule has 1 aliphatic heterocycles. The third kappa shape index (κ3) is 8.29. The van der Waals surface area contributed by atoms with E-state index in [0.29, 0.717) is 29.7 Å². The van der Waals surface area contributed by atoms with Crippen LogP contribution in [0, 0.1) is 5.92 Å². The van der Waals surface area contributed by atoms with Gasteiger partial charge in [0, 0.05) is 32.9 Å². The summed E-state index contributed by atoms with van der Waals surface area (Å²) in [6.45, 7) is 10.9. The van der Waals surface area contributed by atoms with E-state index in [0.717, 1.165) is 38.7 Å². The molecule has 7 nitrogen and oxygen atoms in total. The minimum Gasteiger partial charge on any atom is -0.492 e. The monoisotopic (exact) mass is 538 g/mol. The highest BCUT2D eigenvalue weighted by Gasteiger charge is 2.25. The lowest BCUT2D eigenvalue weighted by Gasteiger charge is -2.24. The topological polar surface area (TPSA) is 74.2 Å². The first kappa shape index (κ1) is 26.0. The van der Waals surface area contributed by atoms with Crippen molar-refractivity contribution in [2.45, 2.75) is 25.2 Å². The zero-order valence-electron chi connectivity index (χ0n) is 17.9. The van der Waals surface area contributed by atoms with Crippen LogP contribution in [0.3, 0.4) is 0 Å². The van der Waals surface area contributed by atoms with Gasteiger partial charge in [0.15, 0.2) is 15.8 Å². The van der Waals surface area contributed by atoms with Crippen LogP contribution in [0.5, 0.6) is 5.75 Å². The van der Waals surface area contributed by atoms with Crippen LogP contribution in [0.25, 0.3) is 0 Å². The lowest BCUT2D eigenvalue weighted by Crippen LogP contribution is -2.42. The van der Waals surface area contributed by atoms with E-state index in [4.69, 9.17) is 4.74 Å². The molecule has 0 radical (unpaired) electrons. The molecule has 1 atom stereocenters. The van der Waals surface area contributed by atoms with Crippen LogP contribution >= 0.6 is 24.0 Å². The molecule has 9 heteroatoms. The van der Waals surface area contributed by atoms with Gasteiger partial charge in [0.05, 0.1) is 11.4 Å². The average molecular weight is 538 g/mol. The molecule has 1 N–H and O–H groups in total. The van der Waals surface area contributed by atoms with Crippen LogP contribution < -0.4 is 10.1 Å². The second-order valence-corrected chi connectivity index (χ2v) is 9.17. The molecule has 1 saturated heterocycles. The number of halogens is 1. The molecule has 1 aromatic carbocycles. The Morgan fingerprint density at radius 1 is 1.28 bits per heavy atom. The van der Waals surface area contributed by atoms with Gasteiger partial charge in [-0.05, 0) is 49.7 Å². The van der Waals surface area contributed by atoms with Gasteiger partial charge in [0.25, 0.3) is 0 Å². The molecule has 0 saturated carbocycles. The molecule has 1 unspecified atom stereocenters. The summed E-state index contributed by atoms with van der Waals surface area (Å²) in [6, 6.07) is 6.50. The van der Waals surface area contributed by atoms with Crippen LogP contribution in [0.1, 0.15) is 20.3 Å². The fraction of sp³-hybridized carbons (Fsp3) is 0.650. The first-order chi connectivity index (χ1) is 13.4. The summed E-state index contributed by atoms with van der Waals surface area (Å²) in [7, 11) is -1.37. The molecule has 0 aromatic heterocycles. The summed E-state index contributed by atoms with van der Waals surface area (Å²) in [5.74, 6) is 2.26. The van der Waals surface area contributed by atoms with E-state index in [-0.39, 0.29) is 24.0 Å². The zero-order valence-corrected chi connectivity index (χ0v) is 21.1. The van der Waals surface area contributed by atoms with Crippen molar-refractivity contribution in [2.24, 2.45) is 10.9 Å². The number of likely N-dealkylation sites (tertiary alicyclic amines) is 1. The van der Waals surface area contributed by atoms with Gasteiger partial charge in [-0.2, -0.15) is 0 Å². The van der Waals surface area contributed by atoms with Crippen LogP contribution in [-0.4, -0.2) is 83.4 Å². The van der Waals surface area contributed by atoms with Crippen molar-refractivity contribution in [2.75, 3.05) is 59.2 Å². The van der Waals surface area contributed by atoms with Crippen LogP contribution in [-0.2, 0) is 9.84 Å². The lowest BCUT2D eigenvalue weighted by molar-refractivity contribution is 0.255. The number of hydrogen-bond donors (Lipinski definition) is 1. The van der Waals surface area contributed by atoms with Crippen molar-refractivity contribution in [1.82, 2.24) is 15.1 Å². The highest BCUT2D eigenvalue weighted by molar-refractivity contribution is 14.0. The molecule has 0 spiro atoms. The molecule has 166 valence electrons. The number of guanidine groups is 1. The number of ether oxygens (including phenoxy) is 1. The third-order valence-electron chi connectivity index (χ3n) is 5.11. The predicted octanol–water partition coefficient (Wildman–Crippen LogP) is 2.33. The van der Waals surface area contributed by atoms with E-state index in [1.54, 1.807) is 24.3 Å². The number of aliphatic imine (C=N–C) groups is 1. The van der Waals surface area contributed by atoms with Gasteiger partial charge in [-0.3, -0.25) is 4.99 Å².